The summed E-state index contributed by atoms with van der Waals surface area (Å²) in [6, 6.07) is 5.27. The van der Waals surface area contributed by atoms with E-state index in [0.717, 1.165) is 10.0 Å². The third-order valence-corrected chi connectivity index (χ3v) is 2.90. The SMILES string of the molecule is COc1cc(Br)c([C@H](N)CC#N)cc1OC.Cl. The number of hydrogen-bond acceptors (Lipinski definition) is 4. The van der Waals surface area contributed by atoms with E-state index in [0.29, 0.717) is 11.5 Å². The standard InChI is InChI=1S/C11H13BrN2O2.ClH/c1-15-10-5-7(9(14)3-4-13)8(12)6-11(10)16-2;/h5-6,9H,3,14H2,1-2H3;1H/t9-;/m1./s1. The Morgan fingerprint density at radius 2 is 1.88 bits per heavy atom. The number of nitriles is 1. The number of hydrogen-bond donors (Lipinski definition) is 1. The zero-order valence-electron chi connectivity index (χ0n) is 9.57. The Bertz CT molecular complexity index is 421. The van der Waals surface area contributed by atoms with Gasteiger partial charge in [0.25, 0.3) is 0 Å². The van der Waals surface area contributed by atoms with Gasteiger partial charge in [-0.1, -0.05) is 15.9 Å². The molecule has 1 rings (SSSR count). The summed E-state index contributed by atoms with van der Waals surface area (Å²) in [5.74, 6) is 1.23. The van der Waals surface area contributed by atoms with Crippen LogP contribution in [0.4, 0.5) is 0 Å². The Kier molecular flexibility index (Phi) is 6.97. The van der Waals surface area contributed by atoms with E-state index in [1.54, 1.807) is 26.4 Å². The minimum Gasteiger partial charge on any atom is -0.493 e. The molecule has 0 spiro atoms. The Labute approximate surface area is 115 Å². The van der Waals surface area contributed by atoms with Gasteiger partial charge in [0.15, 0.2) is 11.5 Å². The first-order chi connectivity index (χ1) is 7.63. The largest absolute Gasteiger partial charge is 0.493 e. The van der Waals surface area contributed by atoms with E-state index in [1.165, 1.54) is 0 Å². The van der Waals surface area contributed by atoms with Gasteiger partial charge in [-0.15, -0.1) is 12.4 Å². The lowest BCUT2D eigenvalue weighted by Gasteiger charge is -2.14. The molecular weight excluding hydrogens is 307 g/mol. The molecular formula is C11H14BrClN2O2. The Hall–Kier alpha value is -0.960. The molecule has 17 heavy (non-hydrogen) atoms. The lowest BCUT2D eigenvalue weighted by Crippen LogP contribution is -2.10. The van der Waals surface area contributed by atoms with Crippen molar-refractivity contribution in [2.75, 3.05) is 14.2 Å². The molecule has 1 aromatic carbocycles. The highest BCUT2D eigenvalue weighted by Crippen LogP contribution is 2.35. The average molecular weight is 322 g/mol. The monoisotopic (exact) mass is 320 g/mol. The number of benzene rings is 1. The zero-order chi connectivity index (χ0) is 12.1. The van der Waals surface area contributed by atoms with Crippen LogP contribution in [0.2, 0.25) is 0 Å². The van der Waals surface area contributed by atoms with Crippen molar-refractivity contribution in [1.29, 1.82) is 5.26 Å². The van der Waals surface area contributed by atoms with Crippen molar-refractivity contribution < 1.29 is 9.47 Å². The predicted molar refractivity (Wildman–Crippen MR) is 71.7 cm³/mol. The molecule has 0 bridgehead atoms. The van der Waals surface area contributed by atoms with E-state index in [4.69, 9.17) is 20.5 Å². The van der Waals surface area contributed by atoms with E-state index in [1.807, 2.05) is 6.07 Å². The van der Waals surface area contributed by atoms with E-state index < -0.39 is 0 Å². The molecule has 0 amide bonds. The van der Waals surface area contributed by atoms with E-state index >= 15 is 0 Å². The van der Waals surface area contributed by atoms with Crippen molar-refractivity contribution in [2.45, 2.75) is 12.5 Å². The Morgan fingerprint density at radius 3 is 2.35 bits per heavy atom. The minimum atomic E-state index is -0.334. The van der Waals surface area contributed by atoms with Crippen LogP contribution in [-0.4, -0.2) is 14.2 Å². The van der Waals surface area contributed by atoms with Crippen LogP contribution in [0.1, 0.15) is 18.0 Å². The van der Waals surface area contributed by atoms with Gasteiger partial charge in [-0.05, 0) is 17.7 Å². The smallest absolute Gasteiger partial charge is 0.161 e. The summed E-state index contributed by atoms with van der Waals surface area (Å²) < 4.78 is 11.1. The fourth-order valence-electron chi connectivity index (χ4n) is 1.36. The average Bonchev–Trinajstić information content (AvgIpc) is 2.28. The minimum absolute atomic E-state index is 0. The van der Waals surface area contributed by atoms with Gasteiger partial charge in [-0.2, -0.15) is 5.26 Å². The maximum atomic E-state index is 8.61. The molecule has 0 radical (unpaired) electrons. The van der Waals surface area contributed by atoms with Crippen LogP contribution in [0.15, 0.2) is 16.6 Å². The molecule has 0 unspecified atom stereocenters. The molecule has 0 aliphatic carbocycles. The van der Waals surface area contributed by atoms with Gasteiger partial charge in [0.05, 0.1) is 26.7 Å². The third-order valence-electron chi connectivity index (χ3n) is 2.21. The Morgan fingerprint density at radius 1 is 1.35 bits per heavy atom. The van der Waals surface area contributed by atoms with Crippen LogP contribution >= 0.6 is 28.3 Å². The predicted octanol–water partition coefficient (Wildman–Crippen LogP) is 2.80. The second kappa shape index (κ2) is 7.38. The fraction of sp³-hybridized carbons (Fsp3) is 0.364. The second-order valence-electron chi connectivity index (χ2n) is 3.20. The third kappa shape index (κ3) is 3.77. The molecule has 1 aromatic rings. The molecule has 94 valence electrons. The number of nitrogens with two attached hydrogens (primary N) is 1. The quantitative estimate of drug-likeness (QED) is 0.926. The molecule has 1 atom stereocenters. The number of halogens is 2. The lowest BCUT2D eigenvalue weighted by atomic mass is 10.0. The van der Waals surface area contributed by atoms with Crippen LogP contribution < -0.4 is 15.2 Å². The number of rotatable bonds is 4. The van der Waals surface area contributed by atoms with Crippen LogP contribution in [0.3, 0.4) is 0 Å². The zero-order valence-corrected chi connectivity index (χ0v) is 12.0. The Balaban J connectivity index is 0.00000256. The van der Waals surface area contributed by atoms with Crippen molar-refractivity contribution in [1.82, 2.24) is 0 Å². The first-order valence-electron chi connectivity index (χ1n) is 4.68. The van der Waals surface area contributed by atoms with Gasteiger partial charge in [0, 0.05) is 10.5 Å². The first-order valence-corrected chi connectivity index (χ1v) is 5.47. The topological polar surface area (TPSA) is 68.3 Å². The van der Waals surface area contributed by atoms with Gasteiger partial charge in [-0.3, -0.25) is 0 Å². The molecule has 6 heteroatoms. The molecule has 4 nitrogen and oxygen atoms in total. The maximum Gasteiger partial charge on any atom is 0.161 e. The maximum absolute atomic E-state index is 8.61. The van der Waals surface area contributed by atoms with Crippen LogP contribution in [0.5, 0.6) is 11.5 Å². The molecule has 0 heterocycles. The van der Waals surface area contributed by atoms with Gasteiger partial charge in [-0.25, -0.2) is 0 Å². The van der Waals surface area contributed by atoms with Crippen molar-refractivity contribution in [3.8, 4) is 17.6 Å². The van der Waals surface area contributed by atoms with E-state index in [9.17, 15) is 0 Å². The van der Waals surface area contributed by atoms with Gasteiger partial charge >= 0.3 is 0 Å². The number of methoxy groups -OCH3 is 2. The van der Waals surface area contributed by atoms with Gasteiger partial charge < -0.3 is 15.2 Å². The van der Waals surface area contributed by atoms with Crippen LogP contribution in [0, 0.1) is 11.3 Å². The summed E-state index contributed by atoms with van der Waals surface area (Å²) in [7, 11) is 3.13. The summed E-state index contributed by atoms with van der Waals surface area (Å²) in [6.07, 6.45) is 0.258. The summed E-state index contributed by atoms with van der Waals surface area (Å²) >= 11 is 3.40. The first kappa shape index (κ1) is 16.0. The fourth-order valence-corrected chi connectivity index (χ4v) is 1.98. The van der Waals surface area contributed by atoms with Crippen molar-refractivity contribution in [3.05, 3.63) is 22.2 Å². The van der Waals surface area contributed by atoms with Crippen molar-refractivity contribution in [3.63, 3.8) is 0 Å². The van der Waals surface area contributed by atoms with Gasteiger partial charge in [0.1, 0.15) is 0 Å². The molecule has 0 aromatic heterocycles. The number of nitrogens with zero attached hydrogens (tertiary/aromatic N) is 1. The molecule has 0 saturated heterocycles. The summed E-state index contributed by atoms with van der Waals surface area (Å²) in [5, 5.41) is 8.61. The molecule has 0 saturated carbocycles. The highest BCUT2D eigenvalue weighted by atomic mass is 79.9. The molecule has 2 N–H and O–H groups in total. The molecule has 0 aliphatic rings. The summed E-state index contributed by atoms with van der Waals surface area (Å²) in [5.41, 5.74) is 6.71. The van der Waals surface area contributed by atoms with Crippen LogP contribution in [0.25, 0.3) is 0 Å². The van der Waals surface area contributed by atoms with Crippen LogP contribution in [-0.2, 0) is 0 Å². The molecule has 0 aliphatic heterocycles. The summed E-state index contributed by atoms with van der Waals surface area (Å²) in [6.45, 7) is 0. The van der Waals surface area contributed by atoms with E-state index in [2.05, 4.69) is 15.9 Å². The highest BCUT2D eigenvalue weighted by molar-refractivity contribution is 9.10. The lowest BCUT2D eigenvalue weighted by molar-refractivity contribution is 0.354. The number of ether oxygens (including phenoxy) is 2. The van der Waals surface area contributed by atoms with Gasteiger partial charge in [0.2, 0.25) is 0 Å². The van der Waals surface area contributed by atoms with Crippen molar-refractivity contribution in [2.24, 2.45) is 5.73 Å². The van der Waals surface area contributed by atoms with E-state index in [-0.39, 0.29) is 24.9 Å². The summed E-state index contributed by atoms with van der Waals surface area (Å²) in [4.78, 5) is 0. The highest BCUT2D eigenvalue weighted by Gasteiger charge is 2.14. The normalized spacial score (nSPS) is 11.0. The molecule has 0 fully saturated rings. The van der Waals surface area contributed by atoms with Crippen molar-refractivity contribution >= 4 is 28.3 Å². The second-order valence-corrected chi connectivity index (χ2v) is 4.05.